The van der Waals surface area contributed by atoms with E-state index in [4.69, 9.17) is 19.6 Å². The minimum atomic E-state index is -0.831. The molecule has 0 radical (unpaired) electrons. The number of nitrogens with zero attached hydrogens (tertiary/aromatic N) is 1. The van der Waals surface area contributed by atoms with Gasteiger partial charge < -0.3 is 24.5 Å². The molecule has 3 heterocycles. The van der Waals surface area contributed by atoms with E-state index < -0.39 is 5.79 Å². The average molecular weight is 517 g/mol. The van der Waals surface area contributed by atoms with Crippen LogP contribution >= 0.6 is 0 Å². The molecule has 200 valence electrons. The number of amides is 1. The van der Waals surface area contributed by atoms with Crippen molar-refractivity contribution in [2.75, 3.05) is 13.1 Å². The molecule has 1 fully saturated rings. The van der Waals surface area contributed by atoms with Crippen molar-refractivity contribution in [3.63, 3.8) is 0 Å². The van der Waals surface area contributed by atoms with Gasteiger partial charge in [0.25, 0.3) is 11.7 Å². The van der Waals surface area contributed by atoms with Gasteiger partial charge in [-0.2, -0.15) is 0 Å². The fraction of sp³-hybridized carbons (Fsp3) is 0.484. The summed E-state index contributed by atoms with van der Waals surface area (Å²) < 4.78 is 19.2. The number of nitrogens with two attached hydrogens (primary N) is 1. The molecule has 2 N–H and O–H groups in total. The molecule has 7 heteroatoms. The monoisotopic (exact) mass is 516 g/mol. The molecule has 6 rings (SSSR count). The predicted molar refractivity (Wildman–Crippen MR) is 144 cm³/mol. The normalized spacial score (nSPS) is 27.1. The van der Waals surface area contributed by atoms with Crippen molar-refractivity contribution in [3.05, 3.63) is 57.9 Å². The van der Waals surface area contributed by atoms with Crippen LogP contribution in [-0.2, 0) is 11.2 Å². The lowest BCUT2D eigenvalue weighted by Crippen LogP contribution is -2.46. The van der Waals surface area contributed by atoms with Crippen LogP contribution in [0.3, 0.4) is 0 Å². The molecule has 4 aliphatic rings. The van der Waals surface area contributed by atoms with Gasteiger partial charge in [0.15, 0.2) is 17.3 Å². The molecule has 0 spiro atoms. The summed E-state index contributed by atoms with van der Waals surface area (Å²) in [6.45, 7) is 8.71. The number of hydrogen-bond donors (Lipinski definition) is 1. The third-order valence-electron chi connectivity index (χ3n) is 8.84. The maximum absolute atomic E-state index is 14.0. The molecule has 1 atom stereocenters. The molecule has 1 unspecified atom stereocenters. The lowest BCUT2D eigenvalue weighted by Gasteiger charge is -2.36. The van der Waals surface area contributed by atoms with E-state index in [-0.39, 0.29) is 23.7 Å². The van der Waals surface area contributed by atoms with Crippen molar-refractivity contribution in [2.45, 2.75) is 78.0 Å². The fourth-order valence-electron chi connectivity index (χ4n) is 6.71. The largest absolute Gasteiger partial charge is 0.464 e. The molecule has 7 nitrogen and oxygen atoms in total. The number of Topliss-reactive ketones (excluding diaryl/α,β-unsaturated/α-hetero) is 1. The second kappa shape index (κ2) is 9.16. The third kappa shape index (κ3) is 3.99. The highest BCUT2D eigenvalue weighted by Gasteiger charge is 2.49. The van der Waals surface area contributed by atoms with E-state index in [0.717, 1.165) is 59.1 Å². The number of fused-ring (bicyclic) bond motifs is 2. The van der Waals surface area contributed by atoms with Gasteiger partial charge in [-0.05, 0) is 76.1 Å². The molecule has 1 saturated carbocycles. The summed E-state index contributed by atoms with van der Waals surface area (Å²) in [5.74, 6) is 1.33. The first-order valence-electron chi connectivity index (χ1n) is 13.7. The lowest BCUT2D eigenvalue weighted by atomic mass is 9.81. The minimum Gasteiger partial charge on any atom is -0.464 e. The van der Waals surface area contributed by atoms with Crippen LogP contribution in [0.25, 0.3) is 11.3 Å². The zero-order valence-corrected chi connectivity index (χ0v) is 22.7. The van der Waals surface area contributed by atoms with Crippen molar-refractivity contribution in [3.8, 4) is 22.8 Å². The Hall–Kier alpha value is -3.32. The molecular weight excluding hydrogens is 480 g/mol. The van der Waals surface area contributed by atoms with Gasteiger partial charge in [-0.1, -0.05) is 11.6 Å². The number of ether oxygens (including phenoxy) is 2. The molecule has 1 amide bonds. The Labute approximate surface area is 223 Å². The van der Waals surface area contributed by atoms with Crippen LogP contribution in [0.2, 0.25) is 0 Å². The van der Waals surface area contributed by atoms with Gasteiger partial charge in [-0.15, -0.1) is 0 Å². The van der Waals surface area contributed by atoms with E-state index in [0.29, 0.717) is 48.8 Å². The quantitative estimate of drug-likeness (QED) is 0.577. The van der Waals surface area contributed by atoms with Gasteiger partial charge in [0.1, 0.15) is 5.76 Å². The number of rotatable bonds is 4. The molecule has 1 aromatic carbocycles. The first kappa shape index (κ1) is 25.0. The van der Waals surface area contributed by atoms with Gasteiger partial charge in [0, 0.05) is 49.5 Å². The first-order chi connectivity index (χ1) is 18.2. The number of ketones is 1. The lowest BCUT2D eigenvalue weighted by molar-refractivity contribution is -0.120. The summed E-state index contributed by atoms with van der Waals surface area (Å²) in [6.07, 6.45) is 8.50. The Bertz CT molecular complexity index is 1380. The van der Waals surface area contributed by atoms with Crippen LogP contribution in [0.1, 0.15) is 74.4 Å². The van der Waals surface area contributed by atoms with Crippen molar-refractivity contribution >= 4 is 11.7 Å². The van der Waals surface area contributed by atoms with E-state index in [2.05, 4.69) is 6.08 Å². The Morgan fingerprint density at radius 3 is 2.47 bits per heavy atom. The van der Waals surface area contributed by atoms with Crippen molar-refractivity contribution in [2.24, 2.45) is 11.7 Å². The van der Waals surface area contributed by atoms with Crippen LogP contribution in [0.4, 0.5) is 0 Å². The molecule has 2 aromatic rings. The Kier molecular flexibility index (Phi) is 6.02. The molecule has 38 heavy (non-hydrogen) atoms. The van der Waals surface area contributed by atoms with Crippen molar-refractivity contribution in [1.82, 2.24) is 4.90 Å². The zero-order chi connectivity index (χ0) is 26.8. The highest BCUT2D eigenvalue weighted by atomic mass is 16.7. The first-order valence-corrected chi connectivity index (χ1v) is 13.7. The molecule has 1 aromatic heterocycles. The number of carbonyl (C=O) groups excluding carboxylic acids is 2. The molecule has 2 aliphatic heterocycles. The van der Waals surface area contributed by atoms with Gasteiger partial charge in [0.2, 0.25) is 0 Å². The van der Waals surface area contributed by atoms with Crippen LogP contribution in [-0.4, -0.2) is 41.5 Å². The average Bonchev–Trinajstić information content (AvgIpc) is 3.52. The Morgan fingerprint density at radius 1 is 1.05 bits per heavy atom. The maximum atomic E-state index is 14.0. The zero-order valence-electron chi connectivity index (χ0n) is 22.7. The molecule has 0 bridgehead atoms. The molecule has 2 aliphatic carbocycles. The molecule has 0 saturated heterocycles. The van der Waals surface area contributed by atoms with E-state index in [1.54, 1.807) is 11.2 Å². The number of allylic oxidation sites excluding steroid dienone is 3. The number of benzene rings is 1. The number of hydrogen-bond acceptors (Lipinski definition) is 6. The van der Waals surface area contributed by atoms with Gasteiger partial charge >= 0.3 is 0 Å². The van der Waals surface area contributed by atoms with Gasteiger partial charge in [0.05, 0.1) is 17.4 Å². The predicted octanol–water partition coefficient (Wildman–Crippen LogP) is 5.49. The van der Waals surface area contributed by atoms with E-state index >= 15 is 0 Å². The second-order valence-electron chi connectivity index (χ2n) is 11.5. The highest BCUT2D eigenvalue weighted by Crippen LogP contribution is 2.55. The van der Waals surface area contributed by atoms with Crippen molar-refractivity contribution < 1.29 is 23.5 Å². The van der Waals surface area contributed by atoms with Crippen LogP contribution in [0.5, 0.6) is 11.5 Å². The van der Waals surface area contributed by atoms with Crippen molar-refractivity contribution in [1.29, 1.82) is 0 Å². The summed E-state index contributed by atoms with van der Waals surface area (Å²) in [7, 11) is 0. The third-order valence-corrected chi connectivity index (χ3v) is 8.84. The summed E-state index contributed by atoms with van der Waals surface area (Å²) in [6, 6.07) is 3.98. The van der Waals surface area contributed by atoms with Crippen LogP contribution < -0.4 is 15.2 Å². The van der Waals surface area contributed by atoms with E-state index in [1.807, 2.05) is 39.8 Å². The Morgan fingerprint density at radius 2 is 1.79 bits per heavy atom. The van der Waals surface area contributed by atoms with Gasteiger partial charge in [-0.25, -0.2) is 0 Å². The second-order valence-corrected chi connectivity index (χ2v) is 11.5. The van der Waals surface area contributed by atoms with E-state index in [9.17, 15) is 9.59 Å². The molecular formula is C31H36N2O5. The standard InChI is InChI=1S/C31H36N2O5/c1-17-14-18(2)23(24(34)15-17)16-33-12-11-22-26(30(33)35)19(3)28-29(27(22)25-6-5-13-36-25)38-31(4,37-28)20-7-9-21(32)10-8-20/h5-6,13-14,20-21H,7-12,15-16,32H2,1-4H3. The topological polar surface area (TPSA) is 95.0 Å². The SMILES string of the molecule is CC1=CC(C)=C(CN2CCc3c(c(C)c4c(c3-c3ccco3)OC(C)(C3CCC(N)CC3)O4)C2=O)C(=O)C1. The smallest absolute Gasteiger partial charge is 0.254 e. The summed E-state index contributed by atoms with van der Waals surface area (Å²) in [4.78, 5) is 28.7. The van der Waals surface area contributed by atoms with Crippen LogP contribution in [0, 0.1) is 12.8 Å². The minimum absolute atomic E-state index is 0.0837. The summed E-state index contributed by atoms with van der Waals surface area (Å²) in [5, 5.41) is 0. The fourth-order valence-corrected chi connectivity index (χ4v) is 6.71. The number of carbonyl (C=O) groups is 2. The summed E-state index contributed by atoms with van der Waals surface area (Å²) >= 11 is 0. The highest BCUT2D eigenvalue weighted by molar-refractivity contribution is 6.04. The van der Waals surface area contributed by atoms with Crippen LogP contribution in [0.15, 0.2) is 45.6 Å². The Balaban J connectivity index is 1.41. The van der Waals surface area contributed by atoms with Gasteiger partial charge in [-0.3, -0.25) is 9.59 Å². The number of furan rings is 1. The van der Waals surface area contributed by atoms with E-state index in [1.165, 1.54) is 0 Å². The maximum Gasteiger partial charge on any atom is 0.254 e. The summed E-state index contributed by atoms with van der Waals surface area (Å²) in [5.41, 5.74) is 12.0.